The molecule has 0 saturated heterocycles. The van der Waals surface area contributed by atoms with Gasteiger partial charge in [0.25, 0.3) is 5.91 Å². The average molecular weight is 394 g/mol. The van der Waals surface area contributed by atoms with Crippen molar-refractivity contribution in [1.82, 2.24) is 9.62 Å². The second-order valence-corrected chi connectivity index (χ2v) is 8.60. The van der Waals surface area contributed by atoms with Crippen molar-refractivity contribution >= 4 is 21.9 Å². The van der Waals surface area contributed by atoms with Gasteiger partial charge < -0.3 is 14.8 Å². The molecule has 1 aromatic carbocycles. The molecule has 1 atom stereocenters. The first-order chi connectivity index (χ1) is 12.4. The molecule has 0 aliphatic carbocycles. The molecule has 1 unspecified atom stereocenters. The number of amides is 1. The van der Waals surface area contributed by atoms with Crippen molar-refractivity contribution in [3.8, 4) is 0 Å². The minimum Gasteiger partial charge on any atom is -0.479 e. The van der Waals surface area contributed by atoms with E-state index in [0.717, 1.165) is 21.5 Å². The van der Waals surface area contributed by atoms with Crippen molar-refractivity contribution in [3.05, 3.63) is 52.5 Å². The highest BCUT2D eigenvalue weighted by Gasteiger charge is 2.28. The first-order valence-electron chi connectivity index (χ1n) is 8.08. The van der Waals surface area contributed by atoms with Crippen LogP contribution < -0.4 is 5.32 Å². The van der Waals surface area contributed by atoms with Crippen LogP contribution >= 0.6 is 0 Å². The lowest BCUT2D eigenvalue weighted by atomic mass is 10.0. The number of carboxylic acid groups (broad SMARTS) is 1. The molecular formula is C18H22N2O6S. The van der Waals surface area contributed by atoms with Gasteiger partial charge in [0.1, 0.15) is 10.7 Å². The molecular weight excluding hydrogens is 372 g/mol. The number of carbonyl (C=O) groups is 2. The normalized spacial score (nSPS) is 12.8. The molecule has 1 amide bonds. The minimum absolute atomic E-state index is 0.0483. The van der Waals surface area contributed by atoms with Crippen molar-refractivity contribution in [2.45, 2.75) is 31.7 Å². The van der Waals surface area contributed by atoms with Crippen LogP contribution in [0.3, 0.4) is 0 Å². The summed E-state index contributed by atoms with van der Waals surface area (Å²) < 4.78 is 30.8. The molecule has 2 N–H and O–H groups in total. The molecule has 0 saturated carbocycles. The van der Waals surface area contributed by atoms with Crippen LogP contribution in [-0.4, -0.2) is 43.8 Å². The highest BCUT2D eigenvalue weighted by molar-refractivity contribution is 7.89. The van der Waals surface area contributed by atoms with Gasteiger partial charge in [-0.05, 0) is 26.3 Å². The quantitative estimate of drug-likeness (QED) is 0.774. The van der Waals surface area contributed by atoms with Gasteiger partial charge in [0.05, 0.1) is 0 Å². The van der Waals surface area contributed by atoms with Crippen molar-refractivity contribution < 1.29 is 27.5 Å². The largest absolute Gasteiger partial charge is 0.479 e. The van der Waals surface area contributed by atoms with Gasteiger partial charge in [-0.25, -0.2) is 17.5 Å². The van der Waals surface area contributed by atoms with Crippen molar-refractivity contribution in [3.63, 3.8) is 0 Å². The van der Waals surface area contributed by atoms with E-state index in [1.165, 1.54) is 21.0 Å². The van der Waals surface area contributed by atoms with E-state index in [-0.39, 0.29) is 16.4 Å². The van der Waals surface area contributed by atoms with E-state index in [2.05, 4.69) is 5.32 Å². The van der Waals surface area contributed by atoms with Gasteiger partial charge in [-0.2, -0.15) is 0 Å². The Balaban J connectivity index is 2.36. The second-order valence-electron chi connectivity index (χ2n) is 6.48. The van der Waals surface area contributed by atoms with Crippen LogP contribution in [0.25, 0.3) is 0 Å². The van der Waals surface area contributed by atoms with Crippen LogP contribution in [0.2, 0.25) is 0 Å². The van der Waals surface area contributed by atoms with Crippen molar-refractivity contribution in [2.24, 2.45) is 0 Å². The van der Waals surface area contributed by atoms with Crippen molar-refractivity contribution in [2.75, 3.05) is 14.1 Å². The number of sulfonamides is 1. The van der Waals surface area contributed by atoms with Crippen LogP contribution in [0.4, 0.5) is 0 Å². The molecule has 0 spiro atoms. The van der Waals surface area contributed by atoms with Gasteiger partial charge >= 0.3 is 5.97 Å². The topological polar surface area (TPSA) is 117 Å². The van der Waals surface area contributed by atoms with E-state index < -0.39 is 27.9 Å². The third kappa shape index (κ3) is 4.37. The number of hydrogen-bond acceptors (Lipinski definition) is 5. The summed E-state index contributed by atoms with van der Waals surface area (Å²) in [4.78, 5) is 24.0. The molecule has 1 aromatic heterocycles. The molecule has 2 aromatic rings. The zero-order valence-corrected chi connectivity index (χ0v) is 16.5. The number of carbonyl (C=O) groups excluding carboxylic acids is 1. The summed E-state index contributed by atoms with van der Waals surface area (Å²) in [6.45, 7) is 5.07. The lowest BCUT2D eigenvalue weighted by Crippen LogP contribution is -2.33. The van der Waals surface area contributed by atoms with Crippen LogP contribution in [0, 0.1) is 20.8 Å². The number of furan rings is 1. The van der Waals surface area contributed by atoms with Crippen LogP contribution in [-0.2, 0) is 14.8 Å². The minimum atomic E-state index is -3.79. The number of carboxylic acids is 1. The summed E-state index contributed by atoms with van der Waals surface area (Å²) >= 11 is 0. The number of aliphatic carboxylic acids is 1. The zero-order chi connectivity index (χ0) is 20.5. The van der Waals surface area contributed by atoms with Gasteiger partial charge in [0, 0.05) is 20.2 Å². The van der Waals surface area contributed by atoms with E-state index in [1.807, 2.05) is 19.9 Å². The van der Waals surface area contributed by atoms with E-state index in [9.17, 15) is 23.1 Å². The fourth-order valence-electron chi connectivity index (χ4n) is 2.70. The maximum absolute atomic E-state index is 12.5. The lowest BCUT2D eigenvalue weighted by Gasteiger charge is -2.15. The number of benzene rings is 1. The van der Waals surface area contributed by atoms with Crippen LogP contribution in [0.5, 0.6) is 0 Å². The highest BCUT2D eigenvalue weighted by Crippen LogP contribution is 2.24. The molecule has 0 bridgehead atoms. The van der Waals surface area contributed by atoms with E-state index >= 15 is 0 Å². The number of hydrogen-bond donors (Lipinski definition) is 2. The highest BCUT2D eigenvalue weighted by atomic mass is 32.2. The summed E-state index contributed by atoms with van der Waals surface area (Å²) in [5, 5.41) is 11.9. The summed E-state index contributed by atoms with van der Waals surface area (Å²) in [5.74, 6) is -2.28. The summed E-state index contributed by atoms with van der Waals surface area (Å²) in [7, 11) is -1.06. The van der Waals surface area contributed by atoms with Gasteiger partial charge in [-0.15, -0.1) is 0 Å². The maximum Gasteiger partial charge on any atom is 0.330 e. The Hall–Kier alpha value is -2.65. The summed E-state index contributed by atoms with van der Waals surface area (Å²) in [6.07, 6.45) is 0. The zero-order valence-electron chi connectivity index (χ0n) is 15.7. The predicted octanol–water partition coefficient (Wildman–Crippen LogP) is 2.01. The molecule has 27 heavy (non-hydrogen) atoms. The predicted molar refractivity (Wildman–Crippen MR) is 98.1 cm³/mol. The molecule has 0 radical (unpaired) electrons. The van der Waals surface area contributed by atoms with Gasteiger partial charge in [-0.3, -0.25) is 4.79 Å². The Morgan fingerprint density at radius 1 is 1.07 bits per heavy atom. The van der Waals surface area contributed by atoms with Crippen LogP contribution in [0.15, 0.2) is 33.6 Å². The van der Waals surface area contributed by atoms with Crippen molar-refractivity contribution in [1.29, 1.82) is 0 Å². The maximum atomic E-state index is 12.5. The molecule has 1 heterocycles. The Bertz CT molecular complexity index is 971. The molecule has 9 heteroatoms. The number of aryl methyl sites for hydroxylation is 3. The standard InChI is InChI=1S/C18H22N2O6S/c1-10-6-11(2)8-13(7-10)16(18(22)23)19-17(21)14-9-15(12(3)26-14)27(24,25)20(4)5/h6-9,16H,1-5H3,(H,19,21)(H,22,23). The second kappa shape index (κ2) is 7.53. The monoisotopic (exact) mass is 394 g/mol. The third-order valence-corrected chi connectivity index (χ3v) is 5.88. The average Bonchev–Trinajstić information content (AvgIpc) is 2.93. The number of rotatable bonds is 6. The fourth-order valence-corrected chi connectivity index (χ4v) is 3.75. The van der Waals surface area contributed by atoms with E-state index in [4.69, 9.17) is 4.42 Å². The van der Waals surface area contributed by atoms with Gasteiger partial charge in [0.15, 0.2) is 11.8 Å². The smallest absolute Gasteiger partial charge is 0.330 e. The molecule has 0 aliphatic rings. The van der Waals surface area contributed by atoms with E-state index in [0.29, 0.717) is 5.56 Å². The van der Waals surface area contributed by atoms with Gasteiger partial charge in [-0.1, -0.05) is 29.3 Å². The molecule has 0 aliphatic heterocycles. The number of nitrogens with one attached hydrogen (secondary N) is 1. The fraction of sp³-hybridized carbons (Fsp3) is 0.333. The molecule has 0 fully saturated rings. The van der Waals surface area contributed by atoms with E-state index in [1.54, 1.807) is 12.1 Å². The first-order valence-corrected chi connectivity index (χ1v) is 9.52. The molecule has 146 valence electrons. The Morgan fingerprint density at radius 3 is 2.11 bits per heavy atom. The summed E-state index contributed by atoms with van der Waals surface area (Å²) in [6, 6.07) is 5.03. The Labute approximate surface area is 157 Å². The van der Waals surface area contributed by atoms with Crippen LogP contribution in [0.1, 0.15) is 39.0 Å². The van der Waals surface area contributed by atoms with Gasteiger partial charge in [0.2, 0.25) is 10.0 Å². The summed E-state index contributed by atoms with van der Waals surface area (Å²) in [5.41, 5.74) is 2.13. The Kier molecular flexibility index (Phi) is 5.76. The lowest BCUT2D eigenvalue weighted by molar-refractivity contribution is -0.139. The number of nitrogens with zero attached hydrogens (tertiary/aromatic N) is 1. The molecule has 2 rings (SSSR count). The SMILES string of the molecule is Cc1cc(C)cc(C(NC(=O)c2cc(S(=O)(=O)N(C)C)c(C)o2)C(=O)O)c1. The third-order valence-electron chi connectivity index (χ3n) is 3.95. The first kappa shape index (κ1) is 20.7. The molecule has 8 nitrogen and oxygen atoms in total. The Morgan fingerprint density at radius 2 is 1.63 bits per heavy atom.